The van der Waals surface area contributed by atoms with Crippen LogP contribution in [0.2, 0.25) is 0 Å². The molecule has 0 aromatic rings. The second-order valence-electron chi connectivity index (χ2n) is 4.75. The molecule has 0 amide bonds. The summed E-state index contributed by atoms with van der Waals surface area (Å²) in [4.78, 5) is 0. The van der Waals surface area contributed by atoms with E-state index in [2.05, 4.69) is 5.32 Å². The van der Waals surface area contributed by atoms with E-state index in [1.165, 1.54) is 0 Å². The molecule has 2 N–H and O–H groups in total. The van der Waals surface area contributed by atoms with Crippen molar-refractivity contribution < 1.29 is 18.3 Å². The number of aliphatic hydroxyl groups is 1. The van der Waals surface area contributed by atoms with E-state index in [1.807, 2.05) is 6.92 Å². The molecule has 0 spiro atoms. The molecule has 5 heteroatoms. The van der Waals surface area contributed by atoms with Crippen LogP contribution in [0.15, 0.2) is 0 Å². The van der Waals surface area contributed by atoms with E-state index < -0.39 is 12.1 Å². The van der Waals surface area contributed by atoms with Gasteiger partial charge in [0.2, 0.25) is 0 Å². The Morgan fingerprint density at radius 2 is 1.81 bits per heavy atom. The van der Waals surface area contributed by atoms with Crippen molar-refractivity contribution in [3.63, 3.8) is 0 Å². The van der Waals surface area contributed by atoms with Gasteiger partial charge in [0, 0.05) is 6.04 Å². The van der Waals surface area contributed by atoms with E-state index in [-0.39, 0.29) is 25.5 Å². The Morgan fingerprint density at radius 1 is 1.25 bits per heavy atom. The Hall–Kier alpha value is -0.290. The lowest BCUT2D eigenvalue weighted by Gasteiger charge is -2.30. The summed E-state index contributed by atoms with van der Waals surface area (Å²) in [6, 6.07) is 0.0281. The van der Waals surface area contributed by atoms with Crippen LogP contribution in [-0.4, -0.2) is 30.5 Å². The molecule has 0 heterocycles. The van der Waals surface area contributed by atoms with Gasteiger partial charge in [-0.25, -0.2) is 0 Å². The lowest BCUT2D eigenvalue weighted by atomic mass is 9.81. The smallest absolute Gasteiger partial charge is 0.391 e. The van der Waals surface area contributed by atoms with Crippen LogP contribution in [0.4, 0.5) is 13.2 Å². The highest BCUT2D eigenvalue weighted by atomic mass is 19.4. The summed E-state index contributed by atoms with van der Waals surface area (Å²) in [5.74, 6) is -0.772. The average molecular weight is 239 g/mol. The van der Waals surface area contributed by atoms with Gasteiger partial charge in [-0.2, -0.15) is 13.2 Å². The molecule has 96 valence electrons. The third-order valence-corrected chi connectivity index (χ3v) is 3.34. The molecule has 1 aliphatic rings. The zero-order valence-corrected chi connectivity index (χ0v) is 9.56. The predicted molar refractivity (Wildman–Crippen MR) is 56.1 cm³/mol. The zero-order chi connectivity index (χ0) is 12.2. The third kappa shape index (κ3) is 4.29. The molecule has 0 aliphatic heterocycles. The number of nitrogens with one attached hydrogen (secondary N) is 1. The van der Waals surface area contributed by atoms with Crippen LogP contribution in [-0.2, 0) is 0 Å². The normalized spacial score (nSPS) is 29.1. The highest BCUT2D eigenvalue weighted by molar-refractivity contribution is 4.78. The summed E-state index contributed by atoms with van der Waals surface area (Å²) < 4.78 is 37.2. The second kappa shape index (κ2) is 5.87. The average Bonchev–Trinajstić information content (AvgIpc) is 2.25. The van der Waals surface area contributed by atoms with Gasteiger partial charge < -0.3 is 10.4 Å². The molecule has 0 radical (unpaired) electrons. The Morgan fingerprint density at radius 3 is 2.25 bits per heavy atom. The van der Waals surface area contributed by atoms with Crippen molar-refractivity contribution in [2.75, 3.05) is 13.2 Å². The van der Waals surface area contributed by atoms with Crippen molar-refractivity contribution in [3.05, 3.63) is 0 Å². The SMILES string of the molecule is CC(CO)NCC1CCC(C(F)(F)F)CC1. The van der Waals surface area contributed by atoms with Gasteiger partial charge in [-0.3, -0.25) is 0 Å². The van der Waals surface area contributed by atoms with Crippen molar-refractivity contribution >= 4 is 0 Å². The van der Waals surface area contributed by atoms with Crippen LogP contribution in [0.3, 0.4) is 0 Å². The highest BCUT2D eigenvalue weighted by Gasteiger charge is 2.41. The number of alkyl halides is 3. The van der Waals surface area contributed by atoms with Crippen LogP contribution in [0.25, 0.3) is 0 Å². The quantitative estimate of drug-likeness (QED) is 0.789. The summed E-state index contributed by atoms with van der Waals surface area (Å²) >= 11 is 0. The standard InChI is InChI=1S/C11H20F3NO/c1-8(7-16)15-6-9-2-4-10(5-3-9)11(12,13)14/h8-10,15-16H,2-7H2,1H3. The van der Waals surface area contributed by atoms with Gasteiger partial charge in [-0.15, -0.1) is 0 Å². The van der Waals surface area contributed by atoms with Crippen LogP contribution in [0.1, 0.15) is 32.6 Å². The Bertz CT molecular complexity index is 200. The number of hydrogen-bond acceptors (Lipinski definition) is 2. The molecule has 16 heavy (non-hydrogen) atoms. The van der Waals surface area contributed by atoms with Gasteiger partial charge in [0.25, 0.3) is 0 Å². The number of aliphatic hydroxyl groups excluding tert-OH is 1. The van der Waals surface area contributed by atoms with Gasteiger partial charge in [0.05, 0.1) is 12.5 Å². The first kappa shape index (κ1) is 13.8. The fraction of sp³-hybridized carbons (Fsp3) is 1.00. The monoisotopic (exact) mass is 239 g/mol. The maximum atomic E-state index is 12.4. The van der Waals surface area contributed by atoms with E-state index in [0.29, 0.717) is 25.3 Å². The molecule has 2 nitrogen and oxygen atoms in total. The molecule has 0 aromatic heterocycles. The maximum absolute atomic E-state index is 12.4. The molecule has 0 saturated heterocycles. The molecule has 1 atom stereocenters. The van der Waals surface area contributed by atoms with E-state index in [9.17, 15) is 13.2 Å². The summed E-state index contributed by atoms with van der Waals surface area (Å²) in [6.45, 7) is 2.64. The Labute approximate surface area is 94.2 Å². The number of hydrogen-bond donors (Lipinski definition) is 2. The van der Waals surface area contributed by atoms with Crippen molar-refractivity contribution in [3.8, 4) is 0 Å². The lowest BCUT2D eigenvalue weighted by Crippen LogP contribution is -2.36. The summed E-state index contributed by atoms with van der Waals surface area (Å²) in [6.07, 6.45) is -2.24. The minimum absolute atomic E-state index is 0.0281. The van der Waals surface area contributed by atoms with E-state index in [0.717, 1.165) is 0 Å². The largest absolute Gasteiger partial charge is 0.395 e. The Kier molecular flexibility index (Phi) is 5.05. The van der Waals surface area contributed by atoms with Crippen LogP contribution >= 0.6 is 0 Å². The second-order valence-corrected chi connectivity index (χ2v) is 4.75. The van der Waals surface area contributed by atoms with Crippen LogP contribution in [0, 0.1) is 11.8 Å². The maximum Gasteiger partial charge on any atom is 0.391 e. The minimum atomic E-state index is -4.02. The van der Waals surface area contributed by atoms with Gasteiger partial charge in [-0.1, -0.05) is 0 Å². The van der Waals surface area contributed by atoms with Crippen molar-refractivity contribution in [1.82, 2.24) is 5.32 Å². The fourth-order valence-corrected chi connectivity index (χ4v) is 2.13. The van der Waals surface area contributed by atoms with Gasteiger partial charge in [0.15, 0.2) is 0 Å². The van der Waals surface area contributed by atoms with Gasteiger partial charge in [-0.05, 0) is 45.1 Å². The van der Waals surface area contributed by atoms with Crippen LogP contribution in [0.5, 0.6) is 0 Å². The minimum Gasteiger partial charge on any atom is -0.395 e. The summed E-state index contributed by atoms with van der Waals surface area (Å²) in [7, 11) is 0. The molecule has 1 aliphatic carbocycles. The summed E-state index contributed by atoms with van der Waals surface area (Å²) in [5, 5.41) is 11.9. The molecule has 1 unspecified atom stereocenters. The number of rotatable bonds is 4. The van der Waals surface area contributed by atoms with Crippen molar-refractivity contribution in [1.29, 1.82) is 0 Å². The first-order chi connectivity index (χ1) is 7.43. The van der Waals surface area contributed by atoms with Gasteiger partial charge in [0.1, 0.15) is 0 Å². The lowest BCUT2D eigenvalue weighted by molar-refractivity contribution is -0.183. The van der Waals surface area contributed by atoms with Gasteiger partial charge >= 0.3 is 6.18 Å². The molecule has 0 bridgehead atoms. The zero-order valence-electron chi connectivity index (χ0n) is 9.56. The number of halogens is 3. The molecule has 1 fully saturated rings. The molecule has 0 aromatic carbocycles. The molecular formula is C11H20F3NO. The highest BCUT2D eigenvalue weighted by Crippen LogP contribution is 2.39. The molecule has 1 saturated carbocycles. The van der Waals surface area contributed by atoms with E-state index in [1.54, 1.807) is 0 Å². The van der Waals surface area contributed by atoms with Crippen molar-refractivity contribution in [2.45, 2.75) is 44.8 Å². The third-order valence-electron chi connectivity index (χ3n) is 3.34. The first-order valence-corrected chi connectivity index (χ1v) is 5.84. The topological polar surface area (TPSA) is 32.3 Å². The molecular weight excluding hydrogens is 219 g/mol. The van der Waals surface area contributed by atoms with E-state index >= 15 is 0 Å². The summed E-state index contributed by atoms with van der Waals surface area (Å²) in [5.41, 5.74) is 0. The predicted octanol–water partition coefficient (Wildman–Crippen LogP) is 2.33. The Balaban J connectivity index is 2.22. The van der Waals surface area contributed by atoms with Crippen molar-refractivity contribution in [2.24, 2.45) is 11.8 Å². The van der Waals surface area contributed by atoms with E-state index in [4.69, 9.17) is 5.11 Å². The van der Waals surface area contributed by atoms with Crippen LogP contribution < -0.4 is 5.32 Å². The fourth-order valence-electron chi connectivity index (χ4n) is 2.13. The first-order valence-electron chi connectivity index (χ1n) is 5.84. The molecule has 1 rings (SSSR count).